The lowest BCUT2D eigenvalue weighted by molar-refractivity contribution is 0.126. The molecule has 0 bridgehead atoms. The van der Waals surface area contributed by atoms with Crippen LogP contribution in [0.5, 0.6) is 0 Å². The zero-order chi connectivity index (χ0) is 12.6. The molecule has 0 unspecified atom stereocenters. The summed E-state index contributed by atoms with van der Waals surface area (Å²) >= 11 is 0. The lowest BCUT2D eigenvalue weighted by Gasteiger charge is -2.00. The summed E-state index contributed by atoms with van der Waals surface area (Å²) in [7, 11) is 0. The molecule has 0 aliphatic rings. The molecule has 0 saturated carbocycles. The van der Waals surface area contributed by atoms with Gasteiger partial charge in [0.05, 0.1) is 25.1 Å². The minimum absolute atomic E-state index is 0.582. The van der Waals surface area contributed by atoms with Crippen LogP contribution in [0.25, 0.3) is 5.69 Å². The van der Waals surface area contributed by atoms with Gasteiger partial charge in [-0.3, -0.25) is 0 Å². The molecule has 2 rings (SSSR count). The molecule has 1 heterocycles. The Labute approximate surface area is 107 Å². The molecule has 0 aliphatic heterocycles. The maximum Gasteiger partial charge on any atom is 0.0748 e. The summed E-state index contributed by atoms with van der Waals surface area (Å²) in [5.41, 5.74) is 2.13. The van der Waals surface area contributed by atoms with Crippen LogP contribution >= 0.6 is 0 Å². The number of nitrogens with zero attached hydrogens (tertiary/aromatic N) is 2. The van der Waals surface area contributed by atoms with E-state index in [-0.39, 0.29) is 0 Å². The molecule has 0 atom stereocenters. The van der Waals surface area contributed by atoms with Gasteiger partial charge in [-0.2, -0.15) is 5.10 Å². The number of benzene rings is 1. The fraction of sp³-hybridized carbons (Fsp3) is 0.267. The summed E-state index contributed by atoms with van der Waals surface area (Å²) in [5, 5.41) is 4.31. The van der Waals surface area contributed by atoms with E-state index < -0.39 is 0 Å². The van der Waals surface area contributed by atoms with Crippen LogP contribution in [0.3, 0.4) is 0 Å². The summed E-state index contributed by atoms with van der Waals surface area (Å²) in [6.07, 6.45) is 4.60. The molecule has 0 saturated heterocycles. The Morgan fingerprint density at radius 1 is 1.28 bits per heavy atom. The van der Waals surface area contributed by atoms with Crippen LogP contribution in [-0.2, 0) is 11.3 Å². The maximum absolute atomic E-state index is 5.52. The number of para-hydroxylation sites is 1. The van der Waals surface area contributed by atoms with Gasteiger partial charge in [-0.15, -0.1) is 11.8 Å². The van der Waals surface area contributed by atoms with Crippen LogP contribution < -0.4 is 0 Å². The van der Waals surface area contributed by atoms with Crippen LogP contribution in [-0.4, -0.2) is 16.4 Å². The van der Waals surface area contributed by atoms with Gasteiger partial charge >= 0.3 is 0 Å². The summed E-state index contributed by atoms with van der Waals surface area (Å²) in [5.74, 6) is 5.82. The van der Waals surface area contributed by atoms with Crippen molar-refractivity contribution in [2.45, 2.75) is 20.0 Å². The van der Waals surface area contributed by atoms with Crippen molar-refractivity contribution in [3.63, 3.8) is 0 Å². The first-order valence-corrected chi connectivity index (χ1v) is 5.96. The standard InChI is InChI=1S/C15H16N2O/c1-2-3-7-10-18-13-14-11-16-17(12-14)15-8-5-4-6-9-15/h4-6,8-9,11-12H,7,10,13H2,1H3. The number of hydrogen-bond donors (Lipinski definition) is 0. The number of hydrogen-bond acceptors (Lipinski definition) is 2. The second kappa shape index (κ2) is 6.63. The molecule has 0 amide bonds. The third-order valence-electron chi connectivity index (χ3n) is 2.47. The molecule has 92 valence electrons. The van der Waals surface area contributed by atoms with Crippen molar-refractivity contribution in [2.75, 3.05) is 6.61 Å². The highest BCUT2D eigenvalue weighted by Crippen LogP contribution is 2.08. The van der Waals surface area contributed by atoms with E-state index in [1.807, 2.05) is 54.3 Å². The fourth-order valence-electron chi connectivity index (χ4n) is 1.59. The fourth-order valence-corrected chi connectivity index (χ4v) is 1.59. The first-order chi connectivity index (χ1) is 8.90. The topological polar surface area (TPSA) is 27.1 Å². The van der Waals surface area contributed by atoms with Gasteiger partial charge in [-0.05, 0) is 19.1 Å². The van der Waals surface area contributed by atoms with Crippen LogP contribution in [0.4, 0.5) is 0 Å². The van der Waals surface area contributed by atoms with Crippen molar-refractivity contribution in [2.24, 2.45) is 0 Å². The molecule has 2 aromatic rings. The van der Waals surface area contributed by atoms with E-state index >= 15 is 0 Å². The maximum atomic E-state index is 5.52. The molecule has 0 N–H and O–H groups in total. The normalized spacial score (nSPS) is 9.83. The van der Waals surface area contributed by atoms with Gasteiger partial charge in [-0.1, -0.05) is 18.2 Å². The third-order valence-corrected chi connectivity index (χ3v) is 2.47. The van der Waals surface area contributed by atoms with E-state index in [1.165, 1.54) is 0 Å². The van der Waals surface area contributed by atoms with E-state index in [0.717, 1.165) is 17.7 Å². The molecule has 1 aromatic carbocycles. The molecule has 0 spiro atoms. The number of rotatable bonds is 5. The summed E-state index contributed by atoms with van der Waals surface area (Å²) in [4.78, 5) is 0. The van der Waals surface area contributed by atoms with Crippen LogP contribution in [0.15, 0.2) is 42.7 Å². The second-order valence-electron chi connectivity index (χ2n) is 3.86. The molecular formula is C15H16N2O. The van der Waals surface area contributed by atoms with E-state index in [2.05, 4.69) is 16.9 Å². The molecule has 0 aliphatic carbocycles. The van der Waals surface area contributed by atoms with E-state index in [1.54, 1.807) is 0 Å². The van der Waals surface area contributed by atoms with Crippen molar-refractivity contribution in [1.29, 1.82) is 0 Å². The lowest BCUT2D eigenvalue weighted by Crippen LogP contribution is -1.94. The Morgan fingerprint density at radius 2 is 2.11 bits per heavy atom. The van der Waals surface area contributed by atoms with Crippen LogP contribution in [0.2, 0.25) is 0 Å². The first kappa shape index (κ1) is 12.4. The summed E-state index contributed by atoms with van der Waals surface area (Å²) in [6, 6.07) is 10.0. The molecule has 3 nitrogen and oxygen atoms in total. The SMILES string of the molecule is CC#CCCOCc1cnn(-c2ccccc2)c1. The predicted molar refractivity (Wildman–Crippen MR) is 71.3 cm³/mol. The summed E-state index contributed by atoms with van der Waals surface area (Å²) < 4.78 is 7.37. The minimum atomic E-state index is 0.582. The van der Waals surface area contributed by atoms with E-state index in [9.17, 15) is 0 Å². The third kappa shape index (κ3) is 3.47. The quantitative estimate of drug-likeness (QED) is 0.593. The van der Waals surface area contributed by atoms with Gasteiger partial charge in [0.1, 0.15) is 0 Å². The zero-order valence-corrected chi connectivity index (χ0v) is 10.5. The Bertz CT molecular complexity index is 534. The number of ether oxygens (including phenoxy) is 1. The van der Waals surface area contributed by atoms with Crippen molar-refractivity contribution in [3.8, 4) is 17.5 Å². The Balaban J connectivity index is 1.88. The average Bonchev–Trinajstić information content (AvgIpc) is 2.88. The molecule has 1 aromatic heterocycles. The molecule has 0 fully saturated rings. The largest absolute Gasteiger partial charge is 0.376 e. The Kier molecular flexibility index (Phi) is 4.57. The lowest BCUT2D eigenvalue weighted by atomic mass is 10.3. The minimum Gasteiger partial charge on any atom is -0.376 e. The molecular weight excluding hydrogens is 224 g/mol. The second-order valence-corrected chi connectivity index (χ2v) is 3.86. The average molecular weight is 240 g/mol. The van der Waals surface area contributed by atoms with Gasteiger partial charge in [-0.25, -0.2) is 4.68 Å². The van der Waals surface area contributed by atoms with Crippen molar-refractivity contribution in [1.82, 2.24) is 9.78 Å². The molecule has 18 heavy (non-hydrogen) atoms. The highest BCUT2D eigenvalue weighted by atomic mass is 16.5. The van der Waals surface area contributed by atoms with Gasteiger partial charge in [0.25, 0.3) is 0 Å². The van der Waals surface area contributed by atoms with Crippen molar-refractivity contribution < 1.29 is 4.74 Å². The Morgan fingerprint density at radius 3 is 2.89 bits per heavy atom. The van der Waals surface area contributed by atoms with Gasteiger partial charge < -0.3 is 4.74 Å². The highest BCUT2D eigenvalue weighted by Gasteiger charge is 2.00. The Hall–Kier alpha value is -2.05. The smallest absolute Gasteiger partial charge is 0.0748 e. The van der Waals surface area contributed by atoms with Crippen LogP contribution in [0, 0.1) is 11.8 Å². The van der Waals surface area contributed by atoms with Crippen molar-refractivity contribution in [3.05, 3.63) is 48.3 Å². The highest BCUT2D eigenvalue weighted by molar-refractivity contribution is 5.30. The molecule has 3 heteroatoms. The van der Waals surface area contributed by atoms with Gasteiger partial charge in [0, 0.05) is 18.2 Å². The predicted octanol–water partition coefficient (Wildman–Crippen LogP) is 2.80. The first-order valence-electron chi connectivity index (χ1n) is 5.96. The van der Waals surface area contributed by atoms with Crippen LogP contribution in [0.1, 0.15) is 18.9 Å². The van der Waals surface area contributed by atoms with Gasteiger partial charge in [0.15, 0.2) is 0 Å². The van der Waals surface area contributed by atoms with Gasteiger partial charge in [0.2, 0.25) is 0 Å². The monoisotopic (exact) mass is 240 g/mol. The molecule has 0 radical (unpaired) electrons. The zero-order valence-electron chi connectivity index (χ0n) is 10.5. The van der Waals surface area contributed by atoms with E-state index in [0.29, 0.717) is 13.2 Å². The van der Waals surface area contributed by atoms with E-state index in [4.69, 9.17) is 4.74 Å². The number of aromatic nitrogens is 2. The van der Waals surface area contributed by atoms with Crippen molar-refractivity contribution >= 4 is 0 Å². The summed E-state index contributed by atoms with van der Waals surface area (Å²) in [6.45, 7) is 3.08.